The zero-order valence-corrected chi connectivity index (χ0v) is 12.3. The Bertz CT molecular complexity index is 513. The third kappa shape index (κ3) is 2.51. The van der Waals surface area contributed by atoms with E-state index in [1.54, 1.807) is 12.1 Å². The first-order valence-electron chi connectivity index (χ1n) is 7.38. The number of rotatable bonds is 2. The number of piperidine rings is 1. The average molecular weight is 294 g/mol. The minimum absolute atomic E-state index is 0.319. The van der Waals surface area contributed by atoms with Gasteiger partial charge in [0, 0.05) is 18.1 Å². The number of aromatic carboxylic acids is 1. The highest BCUT2D eigenvalue weighted by Gasteiger charge is 2.37. The van der Waals surface area contributed by atoms with Crippen LogP contribution in [0.1, 0.15) is 48.9 Å². The third-order valence-electron chi connectivity index (χ3n) is 5.02. The van der Waals surface area contributed by atoms with Gasteiger partial charge in [-0.15, -0.1) is 0 Å². The lowest BCUT2D eigenvalue weighted by atomic mass is 9.77. The van der Waals surface area contributed by atoms with Gasteiger partial charge in [0.25, 0.3) is 0 Å². The smallest absolute Gasteiger partial charge is 0.337 e. The molecule has 0 atom stereocenters. The van der Waals surface area contributed by atoms with E-state index in [4.69, 9.17) is 11.6 Å². The van der Waals surface area contributed by atoms with Crippen molar-refractivity contribution in [3.63, 3.8) is 0 Å². The van der Waals surface area contributed by atoms with Crippen molar-refractivity contribution in [1.29, 1.82) is 0 Å². The van der Waals surface area contributed by atoms with Crippen molar-refractivity contribution in [2.75, 3.05) is 18.0 Å². The Morgan fingerprint density at radius 2 is 1.80 bits per heavy atom. The Kier molecular flexibility index (Phi) is 3.63. The first kappa shape index (κ1) is 13.7. The van der Waals surface area contributed by atoms with Crippen LogP contribution >= 0.6 is 11.6 Å². The van der Waals surface area contributed by atoms with Crippen LogP contribution in [0.2, 0.25) is 5.02 Å². The molecule has 4 heteroatoms. The lowest BCUT2D eigenvalue weighted by Crippen LogP contribution is -2.39. The largest absolute Gasteiger partial charge is 0.478 e. The molecule has 1 saturated heterocycles. The number of carboxylic acid groups (broad SMARTS) is 1. The summed E-state index contributed by atoms with van der Waals surface area (Å²) in [6.07, 6.45) is 7.81. The molecule has 1 aliphatic heterocycles. The monoisotopic (exact) mass is 293 g/mol. The molecule has 20 heavy (non-hydrogen) atoms. The van der Waals surface area contributed by atoms with Gasteiger partial charge in [0.05, 0.1) is 11.3 Å². The number of hydrogen-bond donors (Lipinski definition) is 1. The molecule has 108 valence electrons. The van der Waals surface area contributed by atoms with Crippen LogP contribution in [-0.2, 0) is 0 Å². The number of nitrogens with zero attached hydrogens (tertiary/aromatic N) is 1. The van der Waals surface area contributed by atoms with E-state index >= 15 is 0 Å². The summed E-state index contributed by atoms with van der Waals surface area (Å²) in [4.78, 5) is 13.6. The molecule has 1 aromatic rings. The predicted octanol–water partition coefficient (Wildman–Crippen LogP) is 4.20. The Balaban J connectivity index is 1.79. The second-order valence-corrected chi connectivity index (χ2v) is 6.60. The zero-order valence-electron chi connectivity index (χ0n) is 11.6. The Labute approximate surface area is 124 Å². The number of anilines is 1. The molecule has 1 saturated carbocycles. The fraction of sp³-hybridized carbons (Fsp3) is 0.562. The van der Waals surface area contributed by atoms with Crippen molar-refractivity contribution in [1.82, 2.24) is 0 Å². The molecular weight excluding hydrogens is 274 g/mol. The van der Waals surface area contributed by atoms with E-state index in [1.807, 2.05) is 6.07 Å². The van der Waals surface area contributed by atoms with E-state index in [-0.39, 0.29) is 0 Å². The first-order chi connectivity index (χ1) is 9.60. The van der Waals surface area contributed by atoms with Crippen molar-refractivity contribution in [3.8, 4) is 0 Å². The van der Waals surface area contributed by atoms with Crippen LogP contribution < -0.4 is 4.90 Å². The molecule has 1 heterocycles. The summed E-state index contributed by atoms with van der Waals surface area (Å²) in [5, 5.41) is 9.82. The van der Waals surface area contributed by atoms with Gasteiger partial charge in [-0.1, -0.05) is 24.4 Å². The summed E-state index contributed by atoms with van der Waals surface area (Å²) in [6, 6.07) is 5.18. The maximum absolute atomic E-state index is 11.4. The number of benzene rings is 1. The lowest BCUT2D eigenvalue weighted by Gasteiger charge is -2.40. The number of carbonyl (C=O) groups is 1. The molecule has 1 aliphatic carbocycles. The molecule has 0 bridgehead atoms. The normalized spacial score (nSPS) is 21.4. The van der Waals surface area contributed by atoms with E-state index in [1.165, 1.54) is 38.5 Å². The summed E-state index contributed by atoms with van der Waals surface area (Å²) in [5.41, 5.74) is 1.68. The maximum atomic E-state index is 11.4. The van der Waals surface area contributed by atoms with Gasteiger partial charge in [0.1, 0.15) is 0 Å². The highest BCUT2D eigenvalue weighted by molar-refractivity contribution is 6.31. The standard InChI is InChI=1S/C16H20ClNO2/c17-12-3-4-14(13(11-12)15(19)20)18-9-7-16(8-10-18)5-1-2-6-16/h3-4,11H,1-2,5-10H2,(H,19,20). The van der Waals surface area contributed by atoms with E-state index in [2.05, 4.69) is 4.90 Å². The summed E-state index contributed by atoms with van der Waals surface area (Å²) in [5.74, 6) is -0.899. The molecule has 1 N–H and O–H groups in total. The highest BCUT2D eigenvalue weighted by Crippen LogP contribution is 2.46. The zero-order chi connectivity index (χ0) is 14.2. The molecule has 2 fully saturated rings. The van der Waals surface area contributed by atoms with Gasteiger partial charge in [0.2, 0.25) is 0 Å². The highest BCUT2D eigenvalue weighted by atomic mass is 35.5. The lowest BCUT2D eigenvalue weighted by molar-refractivity contribution is 0.0697. The Morgan fingerprint density at radius 3 is 2.40 bits per heavy atom. The van der Waals surface area contributed by atoms with Crippen LogP contribution in [0.5, 0.6) is 0 Å². The van der Waals surface area contributed by atoms with Crippen LogP contribution in [0, 0.1) is 5.41 Å². The molecule has 3 rings (SSSR count). The first-order valence-corrected chi connectivity index (χ1v) is 7.75. The Morgan fingerprint density at radius 1 is 1.15 bits per heavy atom. The number of hydrogen-bond acceptors (Lipinski definition) is 2. The molecule has 1 spiro atoms. The van der Waals surface area contributed by atoms with Crippen molar-refractivity contribution >= 4 is 23.3 Å². The van der Waals surface area contributed by atoms with Gasteiger partial charge in [-0.3, -0.25) is 0 Å². The van der Waals surface area contributed by atoms with Crippen LogP contribution in [0.15, 0.2) is 18.2 Å². The quantitative estimate of drug-likeness (QED) is 0.888. The van der Waals surface area contributed by atoms with Gasteiger partial charge in [0.15, 0.2) is 0 Å². The molecule has 0 aromatic heterocycles. The van der Waals surface area contributed by atoms with E-state index in [0.29, 0.717) is 16.0 Å². The number of carboxylic acids is 1. The maximum Gasteiger partial charge on any atom is 0.337 e. The van der Waals surface area contributed by atoms with Crippen LogP contribution in [0.25, 0.3) is 0 Å². The molecule has 0 amide bonds. The SMILES string of the molecule is O=C(O)c1cc(Cl)ccc1N1CCC2(CCCC2)CC1. The number of halogens is 1. The van der Waals surface area contributed by atoms with E-state index < -0.39 is 5.97 Å². The van der Waals surface area contributed by atoms with Crippen molar-refractivity contribution in [2.45, 2.75) is 38.5 Å². The van der Waals surface area contributed by atoms with Crippen LogP contribution in [0.3, 0.4) is 0 Å². The minimum atomic E-state index is -0.899. The topological polar surface area (TPSA) is 40.5 Å². The van der Waals surface area contributed by atoms with E-state index in [0.717, 1.165) is 18.8 Å². The molecule has 3 nitrogen and oxygen atoms in total. The van der Waals surface area contributed by atoms with Crippen LogP contribution in [0.4, 0.5) is 5.69 Å². The fourth-order valence-corrected chi connectivity index (χ4v) is 3.97. The fourth-order valence-electron chi connectivity index (χ4n) is 3.80. The molecule has 2 aliphatic rings. The molecule has 0 unspecified atom stereocenters. The third-order valence-corrected chi connectivity index (χ3v) is 5.25. The minimum Gasteiger partial charge on any atom is -0.478 e. The van der Waals surface area contributed by atoms with Crippen molar-refractivity contribution in [2.24, 2.45) is 5.41 Å². The summed E-state index contributed by atoms with van der Waals surface area (Å²) >= 11 is 5.92. The van der Waals surface area contributed by atoms with Gasteiger partial charge in [-0.2, -0.15) is 0 Å². The van der Waals surface area contributed by atoms with Gasteiger partial charge in [-0.25, -0.2) is 4.79 Å². The van der Waals surface area contributed by atoms with Crippen molar-refractivity contribution in [3.05, 3.63) is 28.8 Å². The van der Waals surface area contributed by atoms with Gasteiger partial charge >= 0.3 is 5.97 Å². The Hall–Kier alpha value is -1.22. The summed E-state index contributed by atoms with van der Waals surface area (Å²) in [7, 11) is 0. The molecular formula is C16H20ClNO2. The average Bonchev–Trinajstić information content (AvgIpc) is 2.88. The molecule has 0 radical (unpaired) electrons. The van der Waals surface area contributed by atoms with E-state index in [9.17, 15) is 9.90 Å². The second-order valence-electron chi connectivity index (χ2n) is 6.16. The molecule has 1 aromatic carbocycles. The van der Waals surface area contributed by atoms with Crippen molar-refractivity contribution < 1.29 is 9.90 Å². The van der Waals surface area contributed by atoms with Gasteiger partial charge < -0.3 is 10.0 Å². The summed E-state index contributed by atoms with van der Waals surface area (Å²) in [6.45, 7) is 1.92. The summed E-state index contributed by atoms with van der Waals surface area (Å²) < 4.78 is 0. The van der Waals surface area contributed by atoms with Gasteiger partial charge in [-0.05, 0) is 49.3 Å². The predicted molar refractivity (Wildman–Crippen MR) is 80.8 cm³/mol. The second kappa shape index (κ2) is 5.28. The van der Waals surface area contributed by atoms with Crippen LogP contribution in [-0.4, -0.2) is 24.2 Å².